The number of aromatic amines is 1. The number of aromatic nitrogens is 2. The third-order valence-electron chi connectivity index (χ3n) is 2.46. The van der Waals surface area contributed by atoms with Gasteiger partial charge in [-0.05, 0) is 12.1 Å². The largest absolute Gasteiger partial charge is 0.507 e. The smallest absolute Gasteiger partial charge is 0.257 e. The molecular formula is C12H13N3O2. The highest BCUT2D eigenvalue weighted by Crippen LogP contribution is 2.17. The Labute approximate surface area is 98.7 Å². The van der Waals surface area contributed by atoms with E-state index in [9.17, 15) is 9.90 Å². The van der Waals surface area contributed by atoms with Crippen LogP contribution in [0.3, 0.4) is 0 Å². The monoisotopic (exact) mass is 231 g/mol. The molecule has 0 radical (unpaired) electrons. The van der Waals surface area contributed by atoms with Crippen LogP contribution in [0.2, 0.25) is 0 Å². The molecule has 1 aromatic heterocycles. The second-order valence-electron chi connectivity index (χ2n) is 3.78. The summed E-state index contributed by atoms with van der Waals surface area (Å²) >= 11 is 0. The van der Waals surface area contributed by atoms with Gasteiger partial charge in [0.25, 0.3) is 5.91 Å². The Hall–Kier alpha value is -2.30. The van der Waals surface area contributed by atoms with Crippen LogP contribution in [0.5, 0.6) is 5.75 Å². The molecule has 0 unspecified atom stereocenters. The fourth-order valence-electron chi connectivity index (χ4n) is 1.57. The van der Waals surface area contributed by atoms with Gasteiger partial charge in [-0.1, -0.05) is 12.1 Å². The van der Waals surface area contributed by atoms with Gasteiger partial charge in [-0.25, -0.2) is 0 Å². The summed E-state index contributed by atoms with van der Waals surface area (Å²) in [5.74, 6) is -0.221. The zero-order valence-corrected chi connectivity index (χ0v) is 9.42. The first-order valence-electron chi connectivity index (χ1n) is 5.19. The van der Waals surface area contributed by atoms with Crippen molar-refractivity contribution in [2.75, 3.05) is 7.05 Å². The van der Waals surface area contributed by atoms with Crippen molar-refractivity contribution in [2.45, 2.75) is 6.54 Å². The highest BCUT2D eigenvalue weighted by Gasteiger charge is 2.15. The zero-order chi connectivity index (χ0) is 12.3. The number of carbonyl (C=O) groups excluding carboxylic acids is 1. The summed E-state index contributed by atoms with van der Waals surface area (Å²) in [6.07, 6.45) is 3.39. The van der Waals surface area contributed by atoms with Gasteiger partial charge in [-0.15, -0.1) is 0 Å². The molecule has 1 aromatic carbocycles. The lowest BCUT2D eigenvalue weighted by Gasteiger charge is -2.16. The maximum absolute atomic E-state index is 12.0. The van der Waals surface area contributed by atoms with Gasteiger partial charge in [0, 0.05) is 25.4 Å². The predicted octanol–water partition coefficient (Wildman–Crippen LogP) is 1.39. The van der Waals surface area contributed by atoms with Gasteiger partial charge in [0.05, 0.1) is 11.8 Å². The Morgan fingerprint density at radius 1 is 1.47 bits per heavy atom. The van der Waals surface area contributed by atoms with Crippen LogP contribution in [0, 0.1) is 0 Å². The molecule has 2 N–H and O–H groups in total. The second-order valence-corrected chi connectivity index (χ2v) is 3.78. The fourth-order valence-corrected chi connectivity index (χ4v) is 1.57. The van der Waals surface area contributed by atoms with E-state index in [-0.39, 0.29) is 11.7 Å². The molecule has 0 saturated heterocycles. The molecule has 0 fully saturated rings. The summed E-state index contributed by atoms with van der Waals surface area (Å²) in [4.78, 5) is 13.6. The molecule has 5 nitrogen and oxygen atoms in total. The number of phenolic OH excluding ortho intramolecular Hbond substituents is 1. The Bertz CT molecular complexity index is 508. The van der Waals surface area contributed by atoms with Crippen molar-refractivity contribution >= 4 is 5.91 Å². The second kappa shape index (κ2) is 4.69. The van der Waals surface area contributed by atoms with Crippen LogP contribution >= 0.6 is 0 Å². The number of H-pyrrole nitrogens is 1. The molecule has 0 aliphatic carbocycles. The lowest BCUT2D eigenvalue weighted by atomic mass is 10.1. The van der Waals surface area contributed by atoms with Gasteiger partial charge >= 0.3 is 0 Å². The lowest BCUT2D eigenvalue weighted by Crippen LogP contribution is -2.26. The average molecular weight is 231 g/mol. The zero-order valence-electron chi connectivity index (χ0n) is 9.42. The number of para-hydroxylation sites is 1. The maximum Gasteiger partial charge on any atom is 0.257 e. The van der Waals surface area contributed by atoms with E-state index in [2.05, 4.69) is 10.2 Å². The molecule has 0 saturated carbocycles. The van der Waals surface area contributed by atoms with Crippen molar-refractivity contribution in [1.29, 1.82) is 0 Å². The number of rotatable bonds is 3. The van der Waals surface area contributed by atoms with Crippen LogP contribution in [0.1, 0.15) is 15.9 Å². The summed E-state index contributed by atoms with van der Waals surface area (Å²) < 4.78 is 0. The Morgan fingerprint density at radius 3 is 2.88 bits per heavy atom. The van der Waals surface area contributed by atoms with Crippen LogP contribution in [-0.2, 0) is 6.54 Å². The summed E-state index contributed by atoms with van der Waals surface area (Å²) in [6.45, 7) is 0.448. The van der Waals surface area contributed by atoms with E-state index in [1.165, 1.54) is 11.0 Å². The topological polar surface area (TPSA) is 69.2 Å². The van der Waals surface area contributed by atoms with Crippen molar-refractivity contribution in [3.63, 3.8) is 0 Å². The lowest BCUT2D eigenvalue weighted by molar-refractivity contribution is 0.0782. The minimum absolute atomic E-state index is 0.00320. The number of hydrogen-bond acceptors (Lipinski definition) is 3. The minimum atomic E-state index is -0.218. The molecule has 1 amide bonds. The first kappa shape index (κ1) is 11.2. The van der Waals surface area contributed by atoms with Crippen LogP contribution in [0.15, 0.2) is 36.7 Å². The van der Waals surface area contributed by atoms with E-state index in [0.717, 1.165) is 5.56 Å². The summed E-state index contributed by atoms with van der Waals surface area (Å²) in [5.41, 5.74) is 1.22. The number of benzene rings is 1. The predicted molar refractivity (Wildman–Crippen MR) is 62.5 cm³/mol. The number of amides is 1. The van der Waals surface area contributed by atoms with Gasteiger partial charge < -0.3 is 10.0 Å². The number of hydrogen-bond donors (Lipinski definition) is 2. The van der Waals surface area contributed by atoms with Crippen LogP contribution in [0.4, 0.5) is 0 Å². The molecule has 1 heterocycles. The standard InChI is InChI=1S/C12H13N3O2/c1-15(8-9-6-13-14-7-9)12(17)10-4-2-3-5-11(10)16/h2-7,16H,8H2,1H3,(H,13,14). The van der Waals surface area contributed by atoms with E-state index in [0.29, 0.717) is 12.1 Å². The number of carbonyl (C=O) groups is 1. The summed E-state index contributed by atoms with van der Waals surface area (Å²) in [5, 5.41) is 16.1. The number of nitrogens with zero attached hydrogens (tertiary/aromatic N) is 2. The van der Waals surface area contributed by atoms with Gasteiger partial charge in [0.1, 0.15) is 5.75 Å². The van der Waals surface area contributed by atoms with Crippen molar-refractivity contribution in [3.05, 3.63) is 47.8 Å². The quantitative estimate of drug-likeness (QED) is 0.838. The molecule has 0 aliphatic heterocycles. The highest BCUT2D eigenvalue weighted by atomic mass is 16.3. The number of phenols is 1. The molecule has 0 bridgehead atoms. The van der Waals surface area contributed by atoms with E-state index < -0.39 is 0 Å². The molecule has 2 rings (SSSR count). The Kier molecular flexibility index (Phi) is 3.09. The normalized spacial score (nSPS) is 10.2. The third kappa shape index (κ3) is 2.44. The van der Waals surface area contributed by atoms with Crippen molar-refractivity contribution in [3.8, 4) is 5.75 Å². The molecule has 5 heteroatoms. The Balaban J connectivity index is 2.13. The van der Waals surface area contributed by atoms with E-state index in [1.54, 1.807) is 37.6 Å². The first-order chi connectivity index (χ1) is 8.18. The first-order valence-corrected chi connectivity index (χ1v) is 5.19. The number of aromatic hydroxyl groups is 1. The molecule has 0 aliphatic rings. The average Bonchev–Trinajstić information content (AvgIpc) is 2.81. The molecule has 0 spiro atoms. The SMILES string of the molecule is CN(Cc1cn[nH]c1)C(=O)c1ccccc1O. The van der Waals surface area contributed by atoms with E-state index in [1.807, 2.05) is 0 Å². The van der Waals surface area contributed by atoms with Crippen LogP contribution in [-0.4, -0.2) is 33.2 Å². The van der Waals surface area contributed by atoms with Crippen molar-refractivity contribution in [1.82, 2.24) is 15.1 Å². The van der Waals surface area contributed by atoms with Crippen molar-refractivity contribution in [2.24, 2.45) is 0 Å². The summed E-state index contributed by atoms with van der Waals surface area (Å²) in [6, 6.07) is 6.50. The maximum atomic E-state index is 12.0. The molecular weight excluding hydrogens is 218 g/mol. The van der Waals surface area contributed by atoms with E-state index >= 15 is 0 Å². The van der Waals surface area contributed by atoms with E-state index in [4.69, 9.17) is 0 Å². The summed E-state index contributed by atoms with van der Waals surface area (Å²) in [7, 11) is 1.68. The van der Waals surface area contributed by atoms with Gasteiger partial charge in [-0.2, -0.15) is 5.10 Å². The molecule has 17 heavy (non-hydrogen) atoms. The highest BCUT2D eigenvalue weighted by molar-refractivity contribution is 5.96. The van der Waals surface area contributed by atoms with Gasteiger partial charge in [0.2, 0.25) is 0 Å². The number of nitrogens with one attached hydrogen (secondary N) is 1. The van der Waals surface area contributed by atoms with Crippen molar-refractivity contribution < 1.29 is 9.90 Å². The minimum Gasteiger partial charge on any atom is -0.507 e. The third-order valence-corrected chi connectivity index (χ3v) is 2.46. The Morgan fingerprint density at radius 2 is 2.24 bits per heavy atom. The van der Waals surface area contributed by atoms with Crippen LogP contribution in [0.25, 0.3) is 0 Å². The van der Waals surface area contributed by atoms with Gasteiger partial charge in [-0.3, -0.25) is 9.89 Å². The van der Waals surface area contributed by atoms with Crippen LogP contribution < -0.4 is 0 Å². The molecule has 0 atom stereocenters. The molecule has 2 aromatic rings. The fraction of sp³-hybridized carbons (Fsp3) is 0.167. The molecule has 88 valence electrons. The van der Waals surface area contributed by atoms with Gasteiger partial charge in [0.15, 0.2) is 0 Å².